The van der Waals surface area contributed by atoms with Crippen molar-refractivity contribution in [2.45, 2.75) is 18.9 Å². The molecular formula is C13H17BrN2O. The van der Waals surface area contributed by atoms with Crippen LogP contribution in [-0.2, 0) is 0 Å². The first-order valence-electron chi connectivity index (χ1n) is 5.62. The number of aliphatic hydroxyl groups excluding tert-OH is 1. The number of aliphatic hydroxyl groups is 1. The fraction of sp³-hybridized carbons (Fsp3) is 0.462. The first-order valence-corrected chi connectivity index (χ1v) is 6.42. The van der Waals surface area contributed by atoms with Gasteiger partial charge in [-0.2, -0.15) is 5.26 Å². The van der Waals surface area contributed by atoms with Gasteiger partial charge in [0.2, 0.25) is 0 Å². The standard InChI is InChI=1S/C13H17BrN2O/c1-16(8-3-2-7-15)13(10-17)11-5-4-6-12(14)9-11/h4-6,9,13,17H,2-3,8,10H2,1H3. The van der Waals surface area contributed by atoms with Gasteiger partial charge in [0.15, 0.2) is 0 Å². The molecule has 0 radical (unpaired) electrons. The van der Waals surface area contributed by atoms with Gasteiger partial charge in [-0.15, -0.1) is 0 Å². The first-order chi connectivity index (χ1) is 8.19. The normalized spacial score (nSPS) is 12.4. The van der Waals surface area contributed by atoms with E-state index < -0.39 is 0 Å². The van der Waals surface area contributed by atoms with Crippen molar-refractivity contribution in [1.82, 2.24) is 4.90 Å². The van der Waals surface area contributed by atoms with Gasteiger partial charge in [-0.25, -0.2) is 0 Å². The van der Waals surface area contributed by atoms with Crippen molar-refractivity contribution in [3.63, 3.8) is 0 Å². The van der Waals surface area contributed by atoms with Gasteiger partial charge in [-0.05, 0) is 37.7 Å². The number of halogens is 1. The highest BCUT2D eigenvalue weighted by Gasteiger charge is 2.15. The van der Waals surface area contributed by atoms with E-state index in [0.717, 1.165) is 23.0 Å². The molecule has 0 spiro atoms. The molecule has 0 fully saturated rings. The third kappa shape index (κ3) is 4.47. The van der Waals surface area contributed by atoms with Crippen molar-refractivity contribution in [3.8, 4) is 6.07 Å². The zero-order valence-corrected chi connectivity index (χ0v) is 11.5. The molecule has 0 saturated carbocycles. The largest absolute Gasteiger partial charge is 0.394 e. The summed E-state index contributed by atoms with van der Waals surface area (Å²) in [7, 11) is 1.97. The molecule has 4 heteroatoms. The third-order valence-electron chi connectivity index (χ3n) is 2.74. The predicted molar refractivity (Wildman–Crippen MR) is 71.4 cm³/mol. The Morgan fingerprint density at radius 2 is 2.29 bits per heavy atom. The number of nitrogens with zero attached hydrogens (tertiary/aromatic N) is 2. The summed E-state index contributed by atoms with van der Waals surface area (Å²) >= 11 is 3.43. The third-order valence-corrected chi connectivity index (χ3v) is 3.23. The maximum absolute atomic E-state index is 9.48. The summed E-state index contributed by atoms with van der Waals surface area (Å²) in [4.78, 5) is 2.08. The van der Waals surface area contributed by atoms with Crippen molar-refractivity contribution < 1.29 is 5.11 Å². The van der Waals surface area contributed by atoms with Gasteiger partial charge in [-0.1, -0.05) is 28.1 Å². The lowest BCUT2D eigenvalue weighted by Gasteiger charge is -2.26. The van der Waals surface area contributed by atoms with Crippen LogP contribution in [0, 0.1) is 11.3 Å². The number of nitriles is 1. The summed E-state index contributed by atoms with van der Waals surface area (Å²) < 4.78 is 1.01. The maximum atomic E-state index is 9.48. The lowest BCUT2D eigenvalue weighted by molar-refractivity contribution is 0.147. The van der Waals surface area contributed by atoms with Crippen LogP contribution in [0.5, 0.6) is 0 Å². The van der Waals surface area contributed by atoms with E-state index in [1.165, 1.54) is 0 Å². The van der Waals surface area contributed by atoms with E-state index in [4.69, 9.17) is 5.26 Å². The van der Waals surface area contributed by atoms with Crippen LogP contribution in [-0.4, -0.2) is 30.2 Å². The molecule has 1 rings (SSSR count). The van der Waals surface area contributed by atoms with Gasteiger partial charge < -0.3 is 5.11 Å². The SMILES string of the molecule is CN(CCCC#N)C(CO)c1cccc(Br)c1. The summed E-state index contributed by atoms with van der Waals surface area (Å²) in [6.45, 7) is 0.894. The van der Waals surface area contributed by atoms with Gasteiger partial charge in [-0.3, -0.25) is 4.90 Å². The van der Waals surface area contributed by atoms with Gasteiger partial charge in [0, 0.05) is 10.9 Å². The summed E-state index contributed by atoms with van der Waals surface area (Å²) in [6.07, 6.45) is 1.39. The molecule has 0 aromatic heterocycles. The van der Waals surface area contributed by atoms with E-state index in [9.17, 15) is 5.11 Å². The second kappa shape index (κ2) is 7.44. The lowest BCUT2D eigenvalue weighted by Crippen LogP contribution is -2.28. The van der Waals surface area contributed by atoms with E-state index in [2.05, 4.69) is 26.9 Å². The summed E-state index contributed by atoms with van der Waals surface area (Å²) in [5, 5.41) is 18.0. The van der Waals surface area contributed by atoms with E-state index in [0.29, 0.717) is 6.42 Å². The Hall–Kier alpha value is -0.890. The van der Waals surface area contributed by atoms with Crippen LogP contribution in [0.25, 0.3) is 0 Å². The maximum Gasteiger partial charge on any atom is 0.0628 e. The molecule has 92 valence electrons. The second-order valence-corrected chi connectivity index (χ2v) is 4.91. The molecule has 0 saturated heterocycles. The molecular weight excluding hydrogens is 280 g/mol. The average molecular weight is 297 g/mol. The van der Waals surface area contributed by atoms with Crippen LogP contribution in [0.1, 0.15) is 24.4 Å². The Morgan fingerprint density at radius 1 is 1.53 bits per heavy atom. The summed E-state index contributed by atoms with van der Waals surface area (Å²) in [6, 6.07) is 10.1. The Bertz CT molecular complexity index is 389. The molecule has 0 bridgehead atoms. The zero-order valence-electron chi connectivity index (χ0n) is 9.93. The van der Waals surface area contributed by atoms with Gasteiger partial charge >= 0.3 is 0 Å². The van der Waals surface area contributed by atoms with E-state index in [-0.39, 0.29) is 12.6 Å². The summed E-state index contributed by atoms with van der Waals surface area (Å²) in [5.41, 5.74) is 1.08. The van der Waals surface area contributed by atoms with Crippen molar-refractivity contribution in [3.05, 3.63) is 34.3 Å². The molecule has 3 nitrogen and oxygen atoms in total. The van der Waals surface area contributed by atoms with E-state index >= 15 is 0 Å². The Balaban J connectivity index is 2.67. The number of likely N-dealkylation sites (N-methyl/N-ethyl adjacent to an activating group) is 1. The Kier molecular flexibility index (Phi) is 6.20. The van der Waals surface area contributed by atoms with Crippen molar-refractivity contribution in [2.75, 3.05) is 20.2 Å². The summed E-state index contributed by atoms with van der Waals surface area (Å²) in [5.74, 6) is 0. The molecule has 1 atom stereocenters. The molecule has 1 N–H and O–H groups in total. The van der Waals surface area contributed by atoms with Crippen LogP contribution in [0.3, 0.4) is 0 Å². The van der Waals surface area contributed by atoms with E-state index in [1.807, 2.05) is 31.3 Å². The molecule has 1 unspecified atom stereocenters. The highest BCUT2D eigenvalue weighted by Crippen LogP contribution is 2.22. The number of rotatable bonds is 6. The minimum absolute atomic E-state index is 0.00815. The molecule has 1 aromatic carbocycles. The van der Waals surface area contributed by atoms with Crippen LogP contribution in [0.4, 0.5) is 0 Å². The fourth-order valence-corrected chi connectivity index (χ4v) is 2.19. The Labute approximate surface area is 111 Å². The van der Waals surface area contributed by atoms with Crippen molar-refractivity contribution in [2.24, 2.45) is 0 Å². The quantitative estimate of drug-likeness (QED) is 0.821. The molecule has 0 amide bonds. The number of unbranched alkanes of at least 4 members (excludes halogenated alkanes) is 1. The average Bonchev–Trinajstić information content (AvgIpc) is 2.30. The smallest absolute Gasteiger partial charge is 0.0628 e. The van der Waals surface area contributed by atoms with Gasteiger partial charge in [0.05, 0.1) is 18.7 Å². The van der Waals surface area contributed by atoms with Crippen LogP contribution < -0.4 is 0 Å². The molecule has 0 aliphatic heterocycles. The van der Waals surface area contributed by atoms with Gasteiger partial charge in [0.25, 0.3) is 0 Å². The van der Waals surface area contributed by atoms with Gasteiger partial charge in [0.1, 0.15) is 0 Å². The van der Waals surface area contributed by atoms with Crippen molar-refractivity contribution >= 4 is 15.9 Å². The lowest BCUT2D eigenvalue weighted by atomic mass is 10.1. The minimum Gasteiger partial charge on any atom is -0.394 e. The van der Waals surface area contributed by atoms with Crippen LogP contribution in [0.15, 0.2) is 28.7 Å². The first kappa shape index (κ1) is 14.2. The highest BCUT2D eigenvalue weighted by atomic mass is 79.9. The molecule has 0 aliphatic carbocycles. The monoisotopic (exact) mass is 296 g/mol. The van der Waals surface area contributed by atoms with E-state index in [1.54, 1.807) is 0 Å². The molecule has 17 heavy (non-hydrogen) atoms. The Morgan fingerprint density at radius 3 is 2.88 bits per heavy atom. The number of benzene rings is 1. The fourth-order valence-electron chi connectivity index (χ4n) is 1.78. The van der Waals surface area contributed by atoms with Crippen LogP contribution >= 0.6 is 15.9 Å². The van der Waals surface area contributed by atoms with Crippen LogP contribution in [0.2, 0.25) is 0 Å². The van der Waals surface area contributed by atoms with Crippen molar-refractivity contribution in [1.29, 1.82) is 5.26 Å². The predicted octanol–water partition coefficient (Wildman–Crippen LogP) is 2.72. The second-order valence-electron chi connectivity index (χ2n) is 4.00. The zero-order chi connectivity index (χ0) is 12.7. The molecule has 1 aromatic rings. The number of hydrogen-bond donors (Lipinski definition) is 1. The molecule has 0 heterocycles. The number of hydrogen-bond acceptors (Lipinski definition) is 3. The highest BCUT2D eigenvalue weighted by molar-refractivity contribution is 9.10. The minimum atomic E-state index is -0.00815. The molecule has 0 aliphatic rings. The topological polar surface area (TPSA) is 47.3 Å².